The van der Waals surface area contributed by atoms with Gasteiger partial charge in [0.05, 0.1) is 12.7 Å². The largest absolute Gasteiger partial charge is 0.338 e. The maximum atomic E-state index is 12.0. The van der Waals surface area contributed by atoms with Crippen LogP contribution in [0.1, 0.15) is 11.1 Å². The van der Waals surface area contributed by atoms with Crippen LogP contribution >= 0.6 is 11.6 Å². The third kappa shape index (κ3) is 4.79. The van der Waals surface area contributed by atoms with Crippen molar-refractivity contribution >= 4 is 17.6 Å². The van der Waals surface area contributed by atoms with Crippen LogP contribution in [0.5, 0.6) is 0 Å². The molecule has 0 saturated heterocycles. The molecule has 0 radical (unpaired) electrons. The topological polar surface area (TPSA) is 50.2 Å². The number of amides is 2. The van der Waals surface area contributed by atoms with Gasteiger partial charge in [0.2, 0.25) is 0 Å². The summed E-state index contributed by atoms with van der Waals surface area (Å²) < 4.78 is 1.72. The highest BCUT2D eigenvalue weighted by atomic mass is 35.5. The van der Waals surface area contributed by atoms with Crippen molar-refractivity contribution in [1.82, 2.24) is 20.0 Å². The Hall–Kier alpha value is -2.01. The molecule has 21 heavy (non-hydrogen) atoms. The third-order valence-electron chi connectivity index (χ3n) is 3.13. The van der Waals surface area contributed by atoms with Gasteiger partial charge in [-0.15, -0.1) is 0 Å². The smallest absolute Gasteiger partial charge is 0.317 e. The average Bonchev–Trinajstić information content (AvgIpc) is 2.86. The first kappa shape index (κ1) is 15.4. The van der Waals surface area contributed by atoms with Gasteiger partial charge in [-0.2, -0.15) is 5.10 Å². The van der Waals surface area contributed by atoms with Crippen LogP contribution in [0, 0.1) is 0 Å². The van der Waals surface area contributed by atoms with E-state index in [-0.39, 0.29) is 6.03 Å². The van der Waals surface area contributed by atoms with Crippen molar-refractivity contribution in [3.8, 4) is 0 Å². The van der Waals surface area contributed by atoms with E-state index in [2.05, 4.69) is 10.4 Å². The summed E-state index contributed by atoms with van der Waals surface area (Å²) in [5.74, 6) is 0. The molecule has 1 aromatic heterocycles. The first-order valence-electron chi connectivity index (χ1n) is 6.75. The van der Waals surface area contributed by atoms with Gasteiger partial charge in [-0.3, -0.25) is 4.68 Å². The predicted molar refractivity (Wildman–Crippen MR) is 83.2 cm³/mol. The molecule has 2 rings (SSSR count). The van der Waals surface area contributed by atoms with E-state index in [0.29, 0.717) is 13.1 Å². The third-order valence-corrected chi connectivity index (χ3v) is 3.38. The Morgan fingerprint density at radius 2 is 2.05 bits per heavy atom. The molecule has 112 valence electrons. The molecule has 0 spiro atoms. The highest BCUT2D eigenvalue weighted by Gasteiger charge is 2.09. The first-order chi connectivity index (χ1) is 10.0. The van der Waals surface area contributed by atoms with Crippen LogP contribution in [-0.2, 0) is 20.0 Å². The second kappa shape index (κ2) is 7.13. The summed E-state index contributed by atoms with van der Waals surface area (Å²) in [5, 5.41) is 7.71. The molecule has 2 amide bonds. The van der Waals surface area contributed by atoms with Crippen LogP contribution < -0.4 is 5.32 Å². The van der Waals surface area contributed by atoms with Crippen molar-refractivity contribution in [2.75, 3.05) is 13.6 Å². The molecule has 5 nitrogen and oxygen atoms in total. The lowest BCUT2D eigenvalue weighted by Crippen LogP contribution is -2.37. The lowest BCUT2D eigenvalue weighted by atomic mass is 10.1. The van der Waals surface area contributed by atoms with Crippen molar-refractivity contribution in [3.63, 3.8) is 0 Å². The number of nitrogens with zero attached hydrogens (tertiary/aromatic N) is 3. The first-order valence-corrected chi connectivity index (χ1v) is 7.13. The SMILES string of the molecule is CN(Cc1cnn(C)c1)C(=O)NCCc1ccc(Cl)cc1. The molecular weight excluding hydrogens is 288 g/mol. The number of carbonyl (C=O) groups excluding carboxylic acids is 1. The quantitative estimate of drug-likeness (QED) is 0.922. The van der Waals surface area contributed by atoms with Crippen LogP contribution in [0.25, 0.3) is 0 Å². The van der Waals surface area contributed by atoms with Gasteiger partial charge < -0.3 is 10.2 Å². The van der Waals surface area contributed by atoms with Crippen LogP contribution in [0.4, 0.5) is 4.79 Å². The molecule has 0 fully saturated rings. The summed E-state index contributed by atoms with van der Waals surface area (Å²) in [6.45, 7) is 1.14. The van der Waals surface area contributed by atoms with E-state index in [1.807, 2.05) is 37.5 Å². The van der Waals surface area contributed by atoms with Crippen LogP contribution in [0.15, 0.2) is 36.7 Å². The van der Waals surface area contributed by atoms with E-state index in [9.17, 15) is 4.79 Å². The lowest BCUT2D eigenvalue weighted by molar-refractivity contribution is 0.207. The van der Waals surface area contributed by atoms with Gasteiger partial charge >= 0.3 is 6.03 Å². The normalized spacial score (nSPS) is 10.4. The molecule has 0 aliphatic rings. The van der Waals surface area contributed by atoms with Gasteiger partial charge in [0.15, 0.2) is 0 Å². The molecule has 0 bridgehead atoms. The summed E-state index contributed by atoms with van der Waals surface area (Å²) in [6, 6.07) is 7.55. The van der Waals surface area contributed by atoms with E-state index >= 15 is 0 Å². The molecule has 6 heteroatoms. The number of carbonyl (C=O) groups is 1. The monoisotopic (exact) mass is 306 g/mol. The summed E-state index contributed by atoms with van der Waals surface area (Å²) in [7, 11) is 3.63. The Morgan fingerprint density at radius 3 is 2.67 bits per heavy atom. The number of nitrogens with one attached hydrogen (secondary N) is 1. The van der Waals surface area contributed by atoms with E-state index in [1.165, 1.54) is 0 Å². The predicted octanol–water partition coefficient (Wildman–Crippen LogP) is 2.46. The minimum absolute atomic E-state index is 0.0900. The number of aromatic nitrogens is 2. The summed E-state index contributed by atoms with van der Waals surface area (Å²) in [5.41, 5.74) is 2.16. The molecule has 2 aromatic rings. The lowest BCUT2D eigenvalue weighted by Gasteiger charge is -2.17. The number of halogens is 1. The fourth-order valence-electron chi connectivity index (χ4n) is 2.00. The van der Waals surface area contributed by atoms with E-state index in [0.717, 1.165) is 22.6 Å². The van der Waals surface area contributed by atoms with Gasteiger partial charge in [0.1, 0.15) is 0 Å². The van der Waals surface area contributed by atoms with Gasteiger partial charge in [-0.1, -0.05) is 23.7 Å². The van der Waals surface area contributed by atoms with Crippen molar-refractivity contribution in [3.05, 3.63) is 52.8 Å². The summed E-state index contributed by atoms with van der Waals surface area (Å²) in [4.78, 5) is 13.6. The number of aryl methyl sites for hydroxylation is 1. The average molecular weight is 307 g/mol. The Bertz CT molecular complexity index is 594. The minimum atomic E-state index is -0.0900. The maximum Gasteiger partial charge on any atom is 0.317 e. The van der Waals surface area contributed by atoms with Gasteiger partial charge in [-0.25, -0.2) is 4.79 Å². The molecule has 0 atom stereocenters. The number of rotatable bonds is 5. The van der Waals surface area contributed by atoms with Crippen molar-refractivity contribution in [2.24, 2.45) is 7.05 Å². The second-order valence-corrected chi connectivity index (χ2v) is 5.42. The van der Waals surface area contributed by atoms with Gasteiger partial charge in [0, 0.05) is 37.4 Å². The standard InChI is InChI=1S/C15H19ClN4O/c1-19(10-13-9-18-20(2)11-13)15(21)17-8-7-12-3-5-14(16)6-4-12/h3-6,9,11H,7-8,10H2,1-2H3,(H,17,21). The van der Waals surface area contributed by atoms with Crippen molar-refractivity contribution < 1.29 is 4.79 Å². The van der Waals surface area contributed by atoms with Crippen LogP contribution in [-0.4, -0.2) is 34.3 Å². The molecule has 1 heterocycles. The summed E-state index contributed by atoms with van der Waals surface area (Å²) in [6.07, 6.45) is 4.44. The molecule has 0 unspecified atom stereocenters. The number of hydrogen-bond donors (Lipinski definition) is 1. The molecule has 1 N–H and O–H groups in total. The van der Waals surface area contributed by atoms with E-state index in [1.54, 1.807) is 22.8 Å². The van der Waals surface area contributed by atoms with Gasteiger partial charge in [0.25, 0.3) is 0 Å². The Kier molecular flexibility index (Phi) is 5.22. The van der Waals surface area contributed by atoms with Gasteiger partial charge in [-0.05, 0) is 24.1 Å². The van der Waals surface area contributed by atoms with Crippen LogP contribution in [0.2, 0.25) is 5.02 Å². The van der Waals surface area contributed by atoms with Crippen LogP contribution in [0.3, 0.4) is 0 Å². The Labute approximate surface area is 129 Å². The number of urea groups is 1. The fourth-order valence-corrected chi connectivity index (χ4v) is 2.12. The Balaban J connectivity index is 1.74. The highest BCUT2D eigenvalue weighted by Crippen LogP contribution is 2.09. The van der Waals surface area contributed by atoms with Crippen molar-refractivity contribution in [1.29, 1.82) is 0 Å². The fraction of sp³-hybridized carbons (Fsp3) is 0.333. The van der Waals surface area contributed by atoms with E-state index in [4.69, 9.17) is 11.6 Å². The Morgan fingerprint density at radius 1 is 1.33 bits per heavy atom. The molecular formula is C15H19ClN4O. The highest BCUT2D eigenvalue weighted by molar-refractivity contribution is 6.30. The molecule has 0 aliphatic heterocycles. The zero-order valence-electron chi connectivity index (χ0n) is 12.2. The summed E-state index contributed by atoms with van der Waals surface area (Å²) >= 11 is 5.83. The molecule has 0 saturated carbocycles. The minimum Gasteiger partial charge on any atom is -0.338 e. The number of benzene rings is 1. The van der Waals surface area contributed by atoms with E-state index < -0.39 is 0 Å². The zero-order valence-corrected chi connectivity index (χ0v) is 13.0. The zero-order chi connectivity index (χ0) is 15.2. The number of hydrogen-bond acceptors (Lipinski definition) is 2. The maximum absolute atomic E-state index is 12.0. The molecule has 1 aromatic carbocycles. The molecule has 0 aliphatic carbocycles. The second-order valence-electron chi connectivity index (χ2n) is 4.99. The van der Waals surface area contributed by atoms with Crippen molar-refractivity contribution in [2.45, 2.75) is 13.0 Å².